The summed E-state index contributed by atoms with van der Waals surface area (Å²) >= 11 is 12.6. The maximum atomic E-state index is 12.7. The van der Waals surface area contributed by atoms with Gasteiger partial charge in [-0.1, -0.05) is 41.9 Å². The maximum absolute atomic E-state index is 12.7. The molecule has 1 aromatic carbocycles. The van der Waals surface area contributed by atoms with E-state index in [1.165, 1.54) is 23.1 Å². The van der Waals surface area contributed by atoms with Crippen molar-refractivity contribution >= 4 is 51.7 Å². The van der Waals surface area contributed by atoms with Gasteiger partial charge < -0.3 is 4.90 Å². The quantitative estimate of drug-likeness (QED) is 0.566. The van der Waals surface area contributed by atoms with Crippen molar-refractivity contribution < 1.29 is 31.1 Å². The molecule has 144 valence electrons. The molecule has 1 aromatic rings. The Kier molecular flexibility index (Phi) is 6.09. The zero-order chi connectivity index (χ0) is 19.9. The second-order valence-corrected chi connectivity index (χ2v) is 7.69. The molecule has 26 heavy (non-hydrogen) atoms. The van der Waals surface area contributed by atoms with Crippen molar-refractivity contribution in [3.63, 3.8) is 0 Å². The van der Waals surface area contributed by atoms with Gasteiger partial charge in [-0.25, -0.2) is 0 Å². The average Bonchev–Trinajstić information content (AvgIpc) is 2.74. The number of carbonyl (C=O) groups is 1. The zero-order valence-corrected chi connectivity index (χ0v) is 15.2. The largest absolute Gasteiger partial charge is 0.409 e. The molecule has 0 saturated carbocycles. The third-order valence-electron chi connectivity index (χ3n) is 3.24. The molecule has 3 nitrogen and oxygen atoms in total. The number of hydrogen-bond acceptors (Lipinski definition) is 2. The molecule has 12 heteroatoms. The van der Waals surface area contributed by atoms with Gasteiger partial charge in [0.1, 0.15) is 0 Å². The Balaban J connectivity index is 2.41. The van der Waals surface area contributed by atoms with Crippen LogP contribution in [0.2, 0.25) is 10.0 Å². The van der Waals surface area contributed by atoms with Gasteiger partial charge in [0.05, 0.1) is 0 Å². The monoisotopic (exact) mass is 438 g/mol. The fourth-order valence-corrected chi connectivity index (χ4v) is 3.79. The second-order valence-electron chi connectivity index (χ2n) is 5.42. The number of thioether (sulfide) groups is 1. The average molecular weight is 439 g/mol. The van der Waals surface area contributed by atoms with E-state index in [4.69, 9.17) is 23.2 Å². The first-order chi connectivity index (χ1) is 11.8. The maximum Gasteiger partial charge on any atom is 0.409 e. The molecule has 1 saturated heterocycles. The van der Waals surface area contributed by atoms with E-state index in [1.54, 1.807) is 6.92 Å². The number of halogens is 8. The van der Waals surface area contributed by atoms with Crippen LogP contribution in [0, 0.1) is 5.92 Å². The molecule has 0 radical (unpaired) electrons. The highest BCUT2D eigenvalue weighted by molar-refractivity contribution is 8.15. The highest BCUT2D eigenvalue weighted by Crippen LogP contribution is 2.41. The number of anilines is 1. The lowest BCUT2D eigenvalue weighted by molar-refractivity contribution is -0.273. The molecule has 0 N–H and O–H groups in total. The Labute approximate surface area is 158 Å². The van der Waals surface area contributed by atoms with E-state index in [2.05, 4.69) is 4.99 Å². The van der Waals surface area contributed by atoms with Crippen molar-refractivity contribution in [3.05, 3.63) is 28.2 Å². The van der Waals surface area contributed by atoms with Gasteiger partial charge >= 0.3 is 12.4 Å². The van der Waals surface area contributed by atoms with E-state index < -0.39 is 24.2 Å². The van der Waals surface area contributed by atoms with Crippen molar-refractivity contribution in [1.29, 1.82) is 0 Å². The first kappa shape index (κ1) is 21.2. The molecule has 0 aromatic heterocycles. The molecule has 0 spiro atoms. The number of amidine groups is 1. The Morgan fingerprint density at radius 3 is 2.12 bits per heavy atom. The smallest absolute Gasteiger partial charge is 0.320 e. The lowest BCUT2D eigenvalue weighted by Gasteiger charge is -2.22. The van der Waals surface area contributed by atoms with E-state index in [0.29, 0.717) is 5.69 Å². The normalized spacial score (nSPS) is 20.3. The summed E-state index contributed by atoms with van der Waals surface area (Å²) < 4.78 is 76.1. The standard InChI is InChI=1S/C14H10Cl2F6N2OS/c1-6-5-24(9-3-7(15)2-8(16)4-9)12(26-6)23-11(25)10(13(17,18)19)14(20,21)22/h2-4,6,10H,5H2,1H3. The van der Waals surface area contributed by atoms with Crippen LogP contribution in [0.15, 0.2) is 23.2 Å². The number of carbonyl (C=O) groups excluding carboxylic acids is 1. The van der Waals surface area contributed by atoms with Crippen molar-refractivity contribution in [2.24, 2.45) is 10.9 Å². The molecule has 1 aliphatic rings. The molecule has 1 fully saturated rings. The molecule has 1 heterocycles. The molecular formula is C14H10Cl2F6N2OS. The van der Waals surface area contributed by atoms with Crippen LogP contribution in [0.3, 0.4) is 0 Å². The van der Waals surface area contributed by atoms with E-state index in [-0.39, 0.29) is 27.0 Å². The van der Waals surface area contributed by atoms with Crippen LogP contribution in [0.1, 0.15) is 6.92 Å². The highest BCUT2D eigenvalue weighted by atomic mass is 35.5. The molecule has 0 bridgehead atoms. The zero-order valence-electron chi connectivity index (χ0n) is 12.8. The topological polar surface area (TPSA) is 32.7 Å². The van der Waals surface area contributed by atoms with Crippen LogP contribution >= 0.6 is 35.0 Å². The lowest BCUT2D eigenvalue weighted by Crippen LogP contribution is -2.42. The minimum absolute atomic E-state index is 0.205. The summed E-state index contributed by atoms with van der Waals surface area (Å²) in [6.07, 6.45) is -11.6. The van der Waals surface area contributed by atoms with Gasteiger partial charge in [0.15, 0.2) is 5.17 Å². The Bertz CT molecular complexity index is 703. The van der Waals surface area contributed by atoms with Crippen LogP contribution in [-0.4, -0.2) is 35.2 Å². The number of alkyl halides is 6. The van der Waals surface area contributed by atoms with E-state index >= 15 is 0 Å². The van der Waals surface area contributed by atoms with Gasteiger partial charge in [-0.05, 0) is 18.2 Å². The van der Waals surface area contributed by atoms with Gasteiger partial charge in [0, 0.05) is 27.5 Å². The van der Waals surface area contributed by atoms with Crippen molar-refractivity contribution in [2.75, 3.05) is 11.4 Å². The summed E-state index contributed by atoms with van der Waals surface area (Å²) in [5.74, 6) is -6.50. The Morgan fingerprint density at radius 1 is 1.15 bits per heavy atom. The molecular weight excluding hydrogens is 429 g/mol. The van der Waals surface area contributed by atoms with Crippen LogP contribution < -0.4 is 4.90 Å². The third kappa shape index (κ3) is 4.98. The summed E-state index contributed by atoms with van der Waals surface area (Å²) in [6, 6.07) is 4.23. The van der Waals surface area contributed by atoms with Gasteiger partial charge in [-0.15, -0.1) is 0 Å². The number of amides is 1. The van der Waals surface area contributed by atoms with Crippen LogP contribution in [-0.2, 0) is 4.79 Å². The fourth-order valence-electron chi connectivity index (χ4n) is 2.24. The van der Waals surface area contributed by atoms with Crippen molar-refractivity contribution in [3.8, 4) is 0 Å². The Morgan fingerprint density at radius 2 is 1.65 bits per heavy atom. The summed E-state index contributed by atoms with van der Waals surface area (Å²) in [5, 5.41) is -0.0776. The van der Waals surface area contributed by atoms with Crippen LogP contribution in [0.4, 0.5) is 32.0 Å². The number of rotatable bonds is 2. The number of hydrogen-bond donors (Lipinski definition) is 0. The molecule has 1 atom stereocenters. The Hall–Kier alpha value is -1.13. The van der Waals surface area contributed by atoms with E-state index in [0.717, 1.165) is 11.8 Å². The summed E-state index contributed by atoms with van der Waals surface area (Å²) in [5.41, 5.74) is 0.307. The molecule has 1 aliphatic heterocycles. The van der Waals surface area contributed by atoms with Crippen molar-refractivity contribution in [2.45, 2.75) is 24.5 Å². The molecule has 2 rings (SSSR count). The molecule has 1 unspecified atom stereocenters. The fraction of sp³-hybridized carbons (Fsp3) is 0.429. The predicted octanol–water partition coefficient (Wildman–Crippen LogP) is 5.56. The van der Waals surface area contributed by atoms with Gasteiger partial charge in [0.2, 0.25) is 5.92 Å². The molecule has 0 aliphatic carbocycles. The van der Waals surface area contributed by atoms with Gasteiger partial charge in [0.25, 0.3) is 5.91 Å². The first-order valence-corrected chi connectivity index (χ1v) is 8.59. The summed E-state index contributed by atoms with van der Waals surface area (Å²) in [7, 11) is 0. The van der Waals surface area contributed by atoms with Crippen LogP contribution in [0.25, 0.3) is 0 Å². The number of aliphatic imine (C=N–C) groups is 1. The number of benzene rings is 1. The third-order valence-corrected chi connectivity index (χ3v) is 4.75. The highest BCUT2D eigenvalue weighted by Gasteiger charge is 2.61. The predicted molar refractivity (Wildman–Crippen MR) is 88.9 cm³/mol. The minimum atomic E-state index is -5.79. The molecule has 1 amide bonds. The lowest BCUT2D eigenvalue weighted by atomic mass is 10.1. The van der Waals surface area contributed by atoms with Gasteiger partial charge in [-0.3, -0.25) is 4.79 Å². The van der Waals surface area contributed by atoms with E-state index in [1.807, 2.05) is 0 Å². The minimum Gasteiger partial charge on any atom is -0.320 e. The summed E-state index contributed by atoms with van der Waals surface area (Å²) in [4.78, 5) is 16.1. The summed E-state index contributed by atoms with van der Waals surface area (Å²) in [6.45, 7) is 1.89. The van der Waals surface area contributed by atoms with Gasteiger partial charge in [-0.2, -0.15) is 31.3 Å². The number of nitrogens with zero attached hydrogens (tertiary/aromatic N) is 2. The SMILES string of the molecule is CC1CN(c2cc(Cl)cc(Cl)c2)C(=NC(=O)C(C(F)(F)F)C(F)(F)F)S1. The van der Waals surface area contributed by atoms with Crippen molar-refractivity contribution in [1.82, 2.24) is 0 Å². The first-order valence-electron chi connectivity index (χ1n) is 6.95. The van der Waals surface area contributed by atoms with E-state index in [9.17, 15) is 31.1 Å². The van der Waals surface area contributed by atoms with Crippen LogP contribution in [0.5, 0.6) is 0 Å². The second kappa shape index (κ2) is 7.47.